The first-order chi connectivity index (χ1) is 10.7. The fourth-order valence-electron chi connectivity index (χ4n) is 3.07. The average molecular weight is 311 g/mol. The molecule has 0 bridgehead atoms. The van der Waals surface area contributed by atoms with Crippen LogP contribution in [0.2, 0.25) is 0 Å². The summed E-state index contributed by atoms with van der Waals surface area (Å²) in [5.41, 5.74) is 0. The molecule has 0 unspecified atom stereocenters. The molecule has 0 aliphatic carbocycles. The first-order valence-corrected chi connectivity index (χ1v) is 8.56. The molecule has 0 atom stereocenters. The third kappa shape index (κ3) is 5.25. The molecule has 2 aliphatic rings. The molecule has 2 fully saturated rings. The van der Waals surface area contributed by atoms with E-state index in [1.165, 1.54) is 0 Å². The number of hydrogen-bond acceptors (Lipinski definition) is 4. The zero-order chi connectivity index (χ0) is 15.8. The highest BCUT2D eigenvalue weighted by Crippen LogP contribution is 2.18. The Morgan fingerprint density at radius 3 is 2.45 bits per heavy atom. The third-order valence-corrected chi connectivity index (χ3v) is 4.51. The zero-order valence-electron chi connectivity index (χ0n) is 13.7. The first-order valence-electron chi connectivity index (χ1n) is 8.56. The average Bonchev–Trinajstić information content (AvgIpc) is 2.56. The van der Waals surface area contributed by atoms with Crippen molar-refractivity contribution in [1.82, 2.24) is 15.1 Å². The smallest absolute Gasteiger partial charge is 0.223 e. The van der Waals surface area contributed by atoms with Crippen molar-refractivity contribution in [3.8, 4) is 0 Å². The summed E-state index contributed by atoms with van der Waals surface area (Å²) >= 11 is 0. The van der Waals surface area contributed by atoms with E-state index >= 15 is 0 Å². The van der Waals surface area contributed by atoms with Gasteiger partial charge in [0.25, 0.3) is 0 Å². The van der Waals surface area contributed by atoms with E-state index < -0.39 is 0 Å². The highest BCUT2D eigenvalue weighted by molar-refractivity contribution is 5.80. The summed E-state index contributed by atoms with van der Waals surface area (Å²) in [6.45, 7) is 8.54. The van der Waals surface area contributed by atoms with Crippen LogP contribution in [0.1, 0.15) is 32.6 Å². The summed E-state index contributed by atoms with van der Waals surface area (Å²) in [5, 5.41) is 3.04. The van der Waals surface area contributed by atoms with E-state index in [4.69, 9.17) is 4.74 Å². The van der Waals surface area contributed by atoms with Gasteiger partial charge in [-0.15, -0.1) is 0 Å². The van der Waals surface area contributed by atoms with Gasteiger partial charge in [-0.3, -0.25) is 14.5 Å². The second-order valence-electron chi connectivity index (χ2n) is 6.15. The van der Waals surface area contributed by atoms with E-state index in [0.29, 0.717) is 13.0 Å². The minimum atomic E-state index is 0.0652. The highest BCUT2D eigenvalue weighted by Gasteiger charge is 2.26. The second kappa shape index (κ2) is 9.10. The lowest BCUT2D eigenvalue weighted by atomic mass is 9.95. The minimum absolute atomic E-state index is 0.0652. The van der Waals surface area contributed by atoms with Gasteiger partial charge in [0.15, 0.2) is 0 Å². The predicted molar refractivity (Wildman–Crippen MR) is 84.5 cm³/mol. The number of amides is 2. The van der Waals surface area contributed by atoms with Gasteiger partial charge in [-0.2, -0.15) is 0 Å². The van der Waals surface area contributed by atoms with Crippen molar-refractivity contribution in [2.75, 3.05) is 52.5 Å². The van der Waals surface area contributed by atoms with Crippen LogP contribution >= 0.6 is 0 Å². The molecule has 0 radical (unpaired) electrons. The summed E-state index contributed by atoms with van der Waals surface area (Å²) in [4.78, 5) is 28.2. The van der Waals surface area contributed by atoms with Crippen LogP contribution in [0.5, 0.6) is 0 Å². The first kappa shape index (κ1) is 17.2. The van der Waals surface area contributed by atoms with Gasteiger partial charge in [-0.05, 0) is 19.3 Å². The van der Waals surface area contributed by atoms with E-state index in [9.17, 15) is 9.59 Å². The summed E-state index contributed by atoms with van der Waals surface area (Å²) < 4.78 is 5.31. The van der Waals surface area contributed by atoms with Crippen LogP contribution in [0.4, 0.5) is 0 Å². The van der Waals surface area contributed by atoms with E-state index in [1.54, 1.807) is 0 Å². The van der Waals surface area contributed by atoms with Crippen LogP contribution < -0.4 is 5.32 Å². The molecule has 0 aromatic heterocycles. The molecule has 0 aromatic rings. The van der Waals surface area contributed by atoms with Crippen LogP contribution in [0, 0.1) is 5.92 Å². The molecular formula is C16H29N3O3. The maximum atomic E-state index is 12.2. The van der Waals surface area contributed by atoms with Gasteiger partial charge < -0.3 is 15.0 Å². The lowest BCUT2D eigenvalue weighted by Gasteiger charge is -2.31. The monoisotopic (exact) mass is 311 g/mol. The maximum absolute atomic E-state index is 12.2. The molecule has 2 rings (SSSR count). The van der Waals surface area contributed by atoms with Gasteiger partial charge in [-0.25, -0.2) is 0 Å². The molecule has 6 heteroatoms. The molecule has 126 valence electrons. The number of carbonyl (C=O) groups excluding carboxylic acids is 2. The van der Waals surface area contributed by atoms with Crippen LogP contribution in [-0.2, 0) is 14.3 Å². The van der Waals surface area contributed by atoms with E-state index in [0.717, 1.165) is 65.2 Å². The van der Waals surface area contributed by atoms with Crippen molar-refractivity contribution in [1.29, 1.82) is 0 Å². The standard InChI is InChI=1S/C16H29N3O3/c1-2-3-15(20)19-7-4-14(5-8-19)16(21)17-6-9-18-10-12-22-13-11-18/h14H,2-13H2,1H3,(H,17,21). The van der Waals surface area contributed by atoms with Gasteiger partial charge >= 0.3 is 0 Å². The number of piperidine rings is 1. The molecule has 0 saturated carbocycles. The quantitative estimate of drug-likeness (QED) is 0.775. The molecule has 2 amide bonds. The van der Waals surface area contributed by atoms with Crippen LogP contribution in [0.25, 0.3) is 0 Å². The Balaban J connectivity index is 1.61. The van der Waals surface area contributed by atoms with E-state index in [2.05, 4.69) is 10.2 Å². The highest BCUT2D eigenvalue weighted by atomic mass is 16.5. The van der Waals surface area contributed by atoms with Crippen LogP contribution in [0.15, 0.2) is 0 Å². The SMILES string of the molecule is CCCC(=O)N1CCC(C(=O)NCCN2CCOCC2)CC1. The van der Waals surface area contributed by atoms with Gasteiger partial charge in [-0.1, -0.05) is 6.92 Å². The molecule has 2 aliphatic heterocycles. The molecule has 0 aromatic carbocycles. The van der Waals surface area contributed by atoms with Gasteiger partial charge in [0, 0.05) is 51.6 Å². The Morgan fingerprint density at radius 1 is 1.14 bits per heavy atom. The Bertz CT molecular complexity index is 362. The van der Waals surface area contributed by atoms with Crippen LogP contribution in [-0.4, -0.2) is 74.1 Å². The molecule has 6 nitrogen and oxygen atoms in total. The van der Waals surface area contributed by atoms with Gasteiger partial charge in [0.1, 0.15) is 0 Å². The lowest BCUT2D eigenvalue weighted by molar-refractivity contribution is -0.135. The number of nitrogens with zero attached hydrogens (tertiary/aromatic N) is 2. The topological polar surface area (TPSA) is 61.9 Å². The van der Waals surface area contributed by atoms with Gasteiger partial charge in [0.2, 0.25) is 11.8 Å². The summed E-state index contributed by atoms with van der Waals surface area (Å²) in [7, 11) is 0. The van der Waals surface area contributed by atoms with Crippen molar-refractivity contribution >= 4 is 11.8 Å². The number of morpholine rings is 1. The summed E-state index contributed by atoms with van der Waals surface area (Å²) in [6, 6.07) is 0. The number of hydrogen-bond donors (Lipinski definition) is 1. The van der Waals surface area contributed by atoms with E-state index in [-0.39, 0.29) is 17.7 Å². The largest absolute Gasteiger partial charge is 0.379 e. The van der Waals surface area contributed by atoms with E-state index in [1.807, 2.05) is 11.8 Å². The number of carbonyl (C=O) groups is 2. The molecule has 2 saturated heterocycles. The number of rotatable bonds is 6. The van der Waals surface area contributed by atoms with Gasteiger partial charge in [0.05, 0.1) is 13.2 Å². The fraction of sp³-hybridized carbons (Fsp3) is 0.875. The lowest BCUT2D eigenvalue weighted by Crippen LogP contribution is -2.45. The van der Waals surface area contributed by atoms with Crippen molar-refractivity contribution in [2.24, 2.45) is 5.92 Å². The van der Waals surface area contributed by atoms with Crippen molar-refractivity contribution in [2.45, 2.75) is 32.6 Å². The second-order valence-corrected chi connectivity index (χ2v) is 6.15. The molecular weight excluding hydrogens is 282 g/mol. The molecule has 22 heavy (non-hydrogen) atoms. The summed E-state index contributed by atoms with van der Waals surface area (Å²) in [6.07, 6.45) is 3.09. The third-order valence-electron chi connectivity index (χ3n) is 4.51. The predicted octanol–water partition coefficient (Wildman–Crippen LogP) is 0.474. The van der Waals surface area contributed by atoms with Crippen molar-refractivity contribution in [3.05, 3.63) is 0 Å². The number of ether oxygens (including phenoxy) is 1. The Kier molecular flexibility index (Phi) is 7.12. The Hall–Kier alpha value is -1.14. The van der Waals surface area contributed by atoms with Crippen molar-refractivity contribution in [3.63, 3.8) is 0 Å². The van der Waals surface area contributed by atoms with Crippen LogP contribution in [0.3, 0.4) is 0 Å². The maximum Gasteiger partial charge on any atom is 0.223 e. The Morgan fingerprint density at radius 2 is 1.82 bits per heavy atom. The zero-order valence-corrected chi connectivity index (χ0v) is 13.7. The molecule has 0 spiro atoms. The fourth-order valence-corrected chi connectivity index (χ4v) is 3.07. The number of nitrogens with one attached hydrogen (secondary N) is 1. The molecule has 2 heterocycles. The minimum Gasteiger partial charge on any atom is -0.379 e. The molecule has 1 N–H and O–H groups in total. The summed E-state index contributed by atoms with van der Waals surface area (Å²) in [5.74, 6) is 0.444. The normalized spacial score (nSPS) is 20.9. The Labute approximate surface area is 133 Å². The van der Waals surface area contributed by atoms with Crippen molar-refractivity contribution < 1.29 is 14.3 Å². The number of likely N-dealkylation sites (tertiary alicyclic amines) is 1.